The molecule has 1 spiro atoms. The number of ether oxygens (including phenoxy) is 3. The average molecular weight is 440 g/mol. The minimum atomic E-state index is -1.23. The van der Waals surface area contributed by atoms with E-state index >= 15 is 0 Å². The molecule has 7 heteroatoms. The molecular weight excluding hydrogens is 418 g/mol. The molecule has 6 nitrogen and oxygen atoms in total. The van der Waals surface area contributed by atoms with E-state index in [1.165, 1.54) is 14.2 Å². The summed E-state index contributed by atoms with van der Waals surface area (Å²) >= 11 is 6.55. The minimum absolute atomic E-state index is 0.0459. The van der Waals surface area contributed by atoms with Crippen molar-refractivity contribution in [3.8, 4) is 17.2 Å². The van der Waals surface area contributed by atoms with Gasteiger partial charge in [-0.2, -0.15) is 0 Å². The van der Waals surface area contributed by atoms with Crippen LogP contribution >= 0.6 is 11.6 Å². The third-order valence-corrected chi connectivity index (χ3v) is 7.00. The van der Waals surface area contributed by atoms with E-state index in [9.17, 15) is 9.59 Å². The molecule has 0 saturated heterocycles. The average Bonchev–Trinajstić information content (AvgIpc) is 3.36. The molecule has 0 amide bonds. The van der Waals surface area contributed by atoms with Crippen LogP contribution in [0.5, 0.6) is 17.2 Å². The topological polar surface area (TPSA) is 65.1 Å². The quantitative estimate of drug-likeness (QED) is 0.710. The summed E-state index contributed by atoms with van der Waals surface area (Å²) in [4.78, 5) is 28.9. The number of nitrogens with zero attached hydrogens (tertiary/aromatic N) is 1. The van der Waals surface area contributed by atoms with Crippen LogP contribution in [0, 0.1) is 11.8 Å². The lowest BCUT2D eigenvalue weighted by Gasteiger charge is -2.42. The molecule has 1 fully saturated rings. The molecule has 0 aromatic heterocycles. The summed E-state index contributed by atoms with van der Waals surface area (Å²) < 4.78 is 17.3. The van der Waals surface area contributed by atoms with Gasteiger partial charge in [0.15, 0.2) is 17.1 Å². The zero-order chi connectivity index (χ0) is 21.9. The fourth-order valence-corrected chi connectivity index (χ4v) is 5.37. The van der Waals surface area contributed by atoms with Gasteiger partial charge in [0.25, 0.3) is 0 Å². The second-order valence-electron chi connectivity index (χ2n) is 8.18. The Balaban J connectivity index is 1.64. The number of benzene rings is 2. The minimum Gasteiger partial charge on any atom is -0.496 e. The van der Waals surface area contributed by atoms with Gasteiger partial charge in [0.1, 0.15) is 22.1 Å². The van der Waals surface area contributed by atoms with Crippen molar-refractivity contribution >= 4 is 28.9 Å². The van der Waals surface area contributed by atoms with Crippen molar-refractivity contribution in [2.45, 2.75) is 18.9 Å². The molecule has 31 heavy (non-hydrogen) atoms. The van der Waals surface area contributed by atoms with E-state index in [0.29, 0.717) is 29.2 Å². The van der Waals surface area contributed by atoms with Gasteiger partial charge in [-0.1, -0.05) is 36.7 Å². The molecule has 0 bridgehead atoms. The number of fused-ring (bicyclic) bond motifs is 3. The third kappa shape index (κ3) is 2.64. The first-order valence-electron chi connectivity index (χ1n) is 10.2. The maximum absolute atomic E-state index is 13.9. The summed E-state index contributed by atoms with van der Waals surface area (Å²) in [6.45, 7) is 2.35. The number of anilines is 1. The van der Waals surface area contributed by atoms with Crippen molar-refractivity contribution in [3.05, 3.63) is 58.8 Å². The summed E-state index contributed by atoms with van der Waals surface area (Å²) in [5.41, 5.74) is 0.659. The maximum atomic E-state index is 13.9. The van der Waals surface area contributed by atoms with E-state index in [4.69, 9.17) is 25.8 Å². The van der Waals surface area contributed by atoms with Gasteiger partial charge in [-0.05, 0) is 12.1 Å². The van der Waals surface area contributed by atoms with Crippen LogP contribution in [0.4, 0.5) is 5.69 Å². The van der Waals surface area contributed by atoms with Gasteiger partial charge in [0.05, 0.1) is 20.1 Å². The zero-order valence-corrected chi connectivity index (χ0v) is 18.2. The van der Waals surface area contributed by atoms with Crippen LogP contribution in [-0.4, -0.2) is 37.9 Å². The number of ketones is 2. The number of methoxy groups -OCH3 is 2. The summed E-state index contributed by atoms with van der Waals surface area (Å²) in [6.07, 6.45) is 2.08. The highest BCUT2D eigenvalue weighted by atomic mass is 35.5. The molecule has 3 aliphatic rings. The van der Waals surface area contributed by atoms with Crippen molar-refractivity contribution in [2.24, 2.45) is 11.8 Å². The van der Waals surface area contributed by atoms with Gasteiger partial charge in [-0.25, -0.2) is 0 Å². The Morgan fingerprint density at radius 3 is 2.52 bits per heavy atom. The van der Waals surface area contributed by atoms with Crippen molar-refractivity contribution < 1.29 is 23.8 Å². The molecule has 1 saturated carbocycles. The van der Waals surface area contributed by atoms with Crippen LogP contribution in [0.1, 0.15) is 23.7 Å². The Bertz CT molecular complexity index is 1130. The number of hydrogen-bond donors (Lipinski definition) is 0. The molecule has 0 N–H and O–H groups in total. The van der Waals surface area contributed by atoms with Gasteiger partial charge in [0, 0.05) is 42.4 Å². The summed E-state index contributed by atoms with van der Waals surface area (Å²) in [7, 11) is 2.99. The number of Topliss-reactive ketones (excluding diaryl/α,β-unsaturated/α-hetero) is 2. The molecule has 2 aromatic rings. The van der Waals surface area contributed by atoms with Crippen molar-refractivity contribution in [2.75, 3.05) is 25.7 Å². The second-order valence-corrected chi connectivity index (χ2v) is 8.55. The number of hydrogen-bond acceptors (Lipinski definition) is 6. The second kappa shape index (κ2) is 7.02. The SMILES string of the molecule is COc1cc(OC)c2c(c1Cl)OC1(C2=O)C(C)CC(=O)C2=CN(c3ccccc3)CC21. The predicted molar refractivity (Wildman–Crippen MR) is 116 cm³/mol. The highest BCUT2D eigenvalue weighted by Crippen LogP contribution is 2.57. The molecule has 3 atom stereocenters. The van der Waals surface area contributed by atoms with E-state index < -0.39 is 11.5 Å². The lowest BCUT2D eigenvalue weighted by atomic mass is 9.65. The lowest BCUT2D eigenvalue weighted by molar-refractivity contribution is -0.122. The number of carbonyl (C=O) groups excluding carboxylic acids is 2. The van der Waals surface area contributed by atoms with Crippen LogP contribution in [0.2, 0.25) is 5.02 Å². The van der Waals surface area contributed by atoms with Gasteiger partial charge >= 0.3 is 0 Å². The van der Waals surface area contributed by atoms with E-state index in [1.54, 1.807) is 6.07 Å². The summed E-state index contributed by atoms with van der Waals surface area (Å²) in [5, 5.41) is 0.232. The Morgan fingerprint density at radius 1 is 1.13 bits per heavy atom. The van der Waals surface area contributed by atoms with Crippen LogP contribution in [0.25, 0.3) is 0 Å². The van der Waals surface area contributed by atoms with Crippen LogP contribution in [0.3, 0.4) is 0 Å². The zero-order valence-electron chi connectivity index (χ0n) is 17.5. The molecule has 160 valence electrons. The Labute approximate surface area is 185 Å². The van der Waals surface area contributed by atoms with Crippen molar-refractivity contribution in [1.82, 2.24) is 0 Å². The summed E-state index contributed by atoms with van der Waals surface area (Å²) in [5.74, 6) is 0.0847. The van der Waals surface area contributed by atoms with Gasteiger partial charge in [0.2, 0.25) is 5.78 Å². The molecular formula is C24H22ClNO5. The fourth-order valence-electron chi connectivity index (χ4n) is 5.10. The van der Waals surface area contributed by atoms with Crippen LogP contribution in [-0.2, 0) is 4.79 Å². The Hall–Kier alpha value is -2.99. The number of para-hydroxylation sites is 1. The summed E-state index contributed by atoms with van der Waals surface area (Å²) in [6, 6.07) is 11.4. The first kappa shape index (κ1) is 19.9. The fraction of sp³-hybridized carbons (Fsp3) is 0.333. The van der Waals surface area contributed by atoms with E-state index in [1.807, 2.05) is 48.4 Å². The highest BCUT2D eigenvalue weighted by molar-refractivity contribution is 6.35. The highest BCUT2D eigenvalue weighted by Gasteiger charge is 2.64. The van der Waals surface area contributed by atoms with Gasteiger partial charge in [-0.15, -0.1) is 0 Å². The Morgan fingerprint density at radius 2 is 1.84 bits per heavy atom. The van der Waals surface area contributed by atoms with Crippen molar-refractivity contribution in [3.63, 3.8) is 0 Å². The number of halogens is 1. The monoisotopic (exact) mass is 439 g/mol. The maximum Gasteiger partial charge on any atom is 0.214 e. The van der Waals surface area contributed by atoms with E-state index in [2.05, 4.69) is 0 Å². The number of rotatable bonds is 3. The molecule has 2 heterocycles. The largest absolute Gasteiger partial charge is 0.496 e. The molecule has 1 aliphatic carbocycles. The van der Waals surface area contributed by atoms with Crippen molar-refractivity contribution in [1.29, 1.82) is 0 Å². The lowest BCUT2D eigenvalue weighted by Crippen LogP contribution is -2.58. The van der Waals surface area contributed by atoms with Gasteiger partial charge < -0.3 is 19.1 Å². The predicted octanol–water partition coefficient (Wildman–Crippen LogP) is 4.30. The van der Waals surface area contributed by atoms with Crippen LogP contribution < -0.4 is 19.1 Å². The first-order valence-corrected chi connectivity index (χ1v) is 10.5. The van der Waals surface area contributed by atoms with E-state index in [-0.39, 0.29) is 34.7 Å². The molecule has 3 unspecified atom stereocenters. The number of carbonyl (C=O) groups is 2. The van der Waals surface area contributed by atoms with Crippen LogP contribution in [0.15, 0.2) is 48.2 Å². The first-order chi connectivity index (χ1) is 14.9. The van der Waals surface area contributed by atoms with Gasteiger partial charge in [-0.3, -0.25) is 9.59 Å². The van der Waals surface area contributed by atoms with E-state index in [0.717, 1.165) is 5.69 Å². The molecule has 2 aliphatic heterocycles. The molecule has 0 radical (unpaired) electrons. The normalized spacial score (nSPS) is 26.5. The Kier molecular flexibility index (Phi) is 4.52. The molecule has 2 aromatic carbocycles. The standard InChI is InChI=1S/C24H22ClNO5/c1-13-9-17(27)15-11-26(14-7-5-4-6-8-14)12-16(15)24(13)23(28)20-18(29-2)10-19(30-3)21(25)22(20)31-24/h4-8,10-11,13,16H,9,12H2,1-3H3. The third-order valence-electron chi connectivity index (χ3n) is 6.64. The smallest absolute Gasteiger partial charge is 0.214 e. The molecule has 5 rings (SSSR count).